The number of aromatic nitrogens is 4. The van der Waals surface area contributed by atoms with Crippen LogP contribution in [0.5, 0.6) is 0 Å². The van der Waals surface area contributed by atoms with Crippen molar-refractivity contribution in [1.82, 2.24) is 19.5 Å². The fourth-order valence-corrected chi connectivity index (χ4v) is 4.44. The topological polar surface area (TPSA) is 73.1 Å². The highest BCUT2D eigenvalue weighted by Crippen LogP contribution is 2.33. The molecular formula is C24H20Cl2FN5O2. The molecule has 0 radical (unpaired) electrons. The van der Waals surface area contributed by atoms with Crippen LogP contribution >= 0.6 is 23.2 Å². The fraction of sp³-hybridized carbons (Fsp3) is 0.250. The molecule has 4 heterocycles. The SMILES string of the molecule is Cc1nc2cc(N3CCO[C@H](c4ccnc(Cl)c4)C3)nc(-c3ccc(Cl)cc3F)c2c(=O)n1C. The maximum Gasteiger partial charge on any atom is 0.263 e. The highest BCUT2D eigenvalue weighted by atomic mass is 35.5. The maximum atomic E-state index is 15.0. The molecule has 7 nitrogen and oxygen atoms in total. The van der Waals surface area contributed by atoms with Gasteiger partial charge >= 0.3 is 0 Å². The van der Waals surface area contributed by atoms with Crippen molar-refractivity contribution in [3.8, 4) is 11.3 Å². The predicted molar refractivity (Wildman–Crippen MR) is 130 cm³/mol. The quantitative estimate of drug-likeness (QED) is 0.379. The number of aryl methyl sites for hydroxylation is 1. The Morgan fingerprint density at radius 2 is 1.97 bits per heavy atom. The molecule has 1 aliphatic heterocycles. The molecule has 0 aliphatic carbocycles. The Kier molecular flexibility index (Phi) is 5.97. The third kappa shape index (κ3) is 4.13. The third-order valence-corrected chi connectivity index (χ3v) is 6.41. The lowest BCUT2D eigenvalue weighted by molar-refractivity contribution is 0.0395. The van der Waals surface area contributed by atoms with Gasteiger partial charge in [-0.15, -0.1) is 0 Å². The van der Waals surface area contributed by atoms with Gasteiger partial charge in [0.15, 0.2) is 0 Å². The lowest BCUT2D eigenvalue weighted by Crippen LogP contribution is -2.39. The monoisotopic (exact) mass is 499 g/mol. The van der Waals surface area contributed by atoms with E-state index in [0.717, 1.165) is 5.56 Å². The minimum Gasteiger partial charge on any atom is -0.370 e. The Balaban J connectivity index is 1.66. The van der Waals surface area contributed by atoms with Crippen LogP contribution in [-0.2, 0) is 11.8 Å². The number of morpholine rings is 1. The van der Waals surface area contributed by atoms with E-state index in [4.69, 9.17) is 32.9 Å². The first-order valence-electron chi connectivity index (χ1n) is 10.6. The van der Waals surface area contributed by atoms with Crippen LogP contribution in [0.15, 0.2) is 47.4 Å². The molecule has 34 heavy (non-hydrogen) atoms. The Hall–Kier alpha value is -3.07. The first-order chi connectivity index (χ1) is 16.3. The van der Waals surface area contributed by atoms with Crippen LogP contribution in [0, 0.1) is 12.7 Å². The predicted octanol–water partition coefficient (Wildman–Crippen LogP) is 4.72. The number of fused-ring (bicyclic) bond motifs is 1. The van der Waals surface area contributed by atoms with Crippen molar-refractivity contribution in [2.45, 2.75) is 13.0 Å². The van der Waals surface area contributed by atoms with Gasteiger partial charge in [-0.1, -0.05) is 23.2 Å². The van der Waals surface area contributed by atoms with Crippen LogP contribution in [-0.4, -0.2) is 39.2 Å². The summed E-state index contributed by atoms with van der Waals surface area (Å²) in [5.41, 5.74) is 1.47. The van der Waals surface area contributed by atoms with Gasteiger partial charge in [-0.25, -0.2) is 19.3 Å². The van der Waals surface area contributed by atoms with Gasteiger partial charge in [0, 0.05) is 43.0 Å². The zero-order valence-corrected chi connectivity index (χ0v) is 19.9. The number of nitrogens with zero attached hydrogens (tertiary/aromatic N) is 5. The van der Waals surface area contributed by atoms with Gasteiger partial charge in [0.2, 0.25) is 0 Å². The molecule has 1 fully saturated rings. The first-order valence-corrected chi connectivity index (χ1v) is 11.4. The molecular weight excluding hydrogens is 480 g/mol. The van der Waals surface area contributed by atoms with E-state index in [0.29, 0.717) is 42.0 Å². The summed E-state index contributed by atoms with van der Waals surface area (Å²) in [5, 5.41) is 0.900. The van der Waals surface area contributed by atoms with Crippen LogP contribution in [0.1, 0.15) is 17.5 Å². The number of anilines is 1. The molecule has 5 rings (SSSR count). The van der Waals surface area contributed by atoms with E-state index in [1.807, 2.05) is 11.0 Å². The van der Waals surface area contributed by atoms with Gasteiger partial charge in [0.25, 0.3) is 5.56 Å². The summed E-state index contributed by atoms with van der Waals surface area (Å²) in [6.45, 7) is 3.27. The summed E-state index contributed by atoms with van der Waals surface area (Å²) >= 11 is 12.0. The van der Waals surface area contributed by atoms with E-state index in [2.05, 4.69) is 9.97 Å². The van der Waals surface area contributed by atoms with Gasteiger partial charge in [-0.2, -0.15) is 0 Å². The Bertz CT molecular complexity index is 1480. The molecule has 0 unspecified atom stereocenters. The average molecular weight is 500 g/mol. The molecule has 174 valence electrons. The van der Waals surface area contributed by atoms with Crippen LogP contribution in [0.3, 0.4) is 0 Å². The molecule has 4 aromatic rings. The van der Waals surface area contributed by atoms with Gasteiger partial charge in [0.05, 0.1) is 23.2 Å². The minimum atomic E-state index is -0.563. The number of hydrogen-bond acceptors (Lipinski definition) is 6. The molecule has 0 saturated carbocycles. The van der Waals surface area contributed by atoms with Crippen molar-refractivity contribution in [1.29, 1.82) is 0 Å². The molecule has 10 heteroatoms. The van der Waals surface area contributed by atoms with E-state index in [9.17, 15) is 9.18 Å². The van der Waals surface area contributed by atoms with E-state index >= 15 is 0 Å². The van der Waals surface area contributed by atoms with Crippen LogP contribution < -0.4 is 10.5 Å². The highest BCUT2D eigenvalue weighted by molar-refractivity contribution is 6.30. The lowest BCUT2D eigenvalue weighted by atomic mass is 10.1. The third-order valence-electron chi connectivity index (χ3n) is 5.97. The number of pyridine rings is 2. The molecule has 0 bridgehead atoms. The summed E-state index contributed by atoms with van der Waals surface area (Å²) in [7, 11) is 1.63. The van der Waals surface area contributed by atoms with E-state index < -0.39 is 5.82 Å². The largest absolute Gasteiger partial charge is 0.370 e. The number of halogens is 3. The van der Waals surface area contributed by atoms with Crippen LogP contribution in [0.4, 0.5) is 10.2 Å². The van der Waals surface area contributed by atoms with E-state index in [1.165, 1.54) is 16.7 Å². The first kappa shape index (κ1) is 22.7. The van der Waals surface area contributed by atoms with Crippen molar-refractivity contribution in [3.63, 3.8) is 0 Å². The Morgan fingerprint density at radius 1 is 1.15 bits per heavy atom. The van der Waals surface area contributed by atoms with Crippen LogP contribution in [0.2, 0.25) is 10.2 Å². The van der Waals surface area contributed by atoms with Crippen molar-refractivity contribution >= 4 is 39.9 Å². The maximum absolute atomic E-state index is 15.0. The molecule has 3 aromatic heterocycles. The second-order valence-electron chi connectivity index (χ2n) is 8.09. The molecule has 1 atom stereocenters. The smallest absolute Gasteiger partial charge is 0.263 e. The normalized spacial score (nSPS) is 16.3. The number of benzene rings is 1. The van der Waals surface area contributed by atoms with Crippen LogP contribution in [0.25, 0.3) is 22.2 Å². The second-order valence-corrected chi connectivity index (χ2v) is 8.91. The number of ether oxygens (including phenoxy) is 1. The molecule has 0 N–H and O–H groups in total. The summed E-state index contributed by atoms with van der Waals surface area (Å²) in [6, 6.07) is 9.71. The minimum absolute atomic E-state index is 0.185. The summed E-state index contributed by atoms with van der Waals surface area (Å²) < 4.78 is 22.4. The molecule has 0 spiro atoms. The molecule has 1 aromatic carbocycles. The van der Waals surface area contributed by atoms with Gasteiger partial charge in [0.1, 0.15) is 28.7 Å². The van der Waals surface area contributed by atoms with Crippen molar-refractivity contribution < 1.29 is 9.13 Å². The fourth-order valence-electron chi connectivity index (χ4n) is 4.10. The van der Waals surface area contributed by atoms with Gasteiger partial charge in [-0.3, -0.25) is 9.36 Å². The zero-order valence-electron chi connectivity index (χ0n) is 18.4. The number of hydrogen-bond donors (Lipinski definition) is 0. The summed E-state index contributed by atoms with van der Waals surface area (Å²) in [5.74, 6) is 0.557. The van der Waals surface area contributed by atoms with E-state index in [-0.39, 0.29) is 33.3 Å². The van der Waals surface area contributed by atoms with Gasteiger partial charge in [-0.05, 0) is 42.8 Å². The lowest BCUT2D eigenvalue weighted by Gasteiger charge is -2.34. The molecule has 0 amide bonds. The summed E-state index contributed by atoms with van der Waals surface area (Å²) in [4.78, 5) is 28.6. The average Bonchev–Trinajstić information content (AvgIpc) is 2.82. The second kappa shape index (κ2) is 8.94. The van der Waals surface area contributed by atoms with Crippen molar-refractivity contribution in [2.75, 3.05) is 24.6 Å². The van der Waals surface area contributed by atoms with E-state index in [1.54, 1.807) is 38.4 Å². The Morgan fingerprint density at radius 3 is 2.74 bits per heavy atom. The zero-order chi connectivity index (χ0) is 24.0. The Labute approximate surface area is 204 Å². The van der Waals surface area contributed by atoms with Crippen molar-refractivity contribution in [3.05, 3.63) is 80.3 Å². The number of rotatable bonds is 3. The van der Waals surface area contributed by atoms with Crippen molar-refractivity contribution in [2.24, 2.45) is 7.05 Å². The highest BCUT2D eigenvalue weighted by Gasteiger charge is 2.26. The molecule has 1 aliphatic rings. The van der Waals surface area contributed by atoms with Gasteiger partial charge < -0.3 is 9.64 Å². The molecule has 1 saturated heterocycles. The summed E-state index contributed by atoms with van der Waals surface area (Å²) in [6.07, 6.45) is 1.39. The standard InChI is InChI=1S/C24H20Cl2FN5O2/c1-13-29-18-11-21(32-7-8-34-19(12-32)14-5-6-28-20(26)9-14)30-23(22(18)24(33)31(13)2)16-4-3-15(25)10-17(16)27/h3-6,9-11,19H,7-8,12H2,1-2H3/t19-/m0/s1.